The van der Waals surface area contributed by atoms with Gasteiger partial charge in [-0.25, -0.2) is 4.98 Å². The molecule has 1 fully saturated rings. The summed E-state index contributed by atoms with van der Waals surface area (Å²) >= 11 is 0. The fourth-order valence-electron chi connectivity index (χ4n) is 2.54. The van der Waals surface area contributed by atoms with Crippen LogP contribution in [0.2, 0.25) is 0 Å². The molecule has 3 rings (SSSR count). The summed E-state index contributed by atoms with van der Waals surface area (Å²) in [6, 6.07) is 12.2. The monoisotopic (exact) mass is 298 g/mol. The van der Waals surface area contributed by atoms with E-state index in [1.165, 1.54) is 5.56 Å². The highest BCUT2D eigenvalue weighted by Crippen LogP contribution is 2.15. The number of rotatable bonds is 6. The minimum atomic E-state index is 0.302. The Labute approximate surface area is 131 Å². The van der Waals surface area contributed by atoms with E-state index >= 15 is 0 Å². The molecule has 1 aromatic heterocycles. The summed E-state index contributed by atoms with van der Waals surface area (Å²) in [6.45, 7) is 4.37. The Bertz CT molecular complexity index is 597. The first kappa shape index (κ1) is 14.8. The Balaban J connectivity index is 1.59. The summed E-state index contributed by atoms with van der Waals surface area (Å²) in [5, 5.41) is 6.63. The van der Waals surface area contributed by atoms with Crippen molar-refractivity contribution in [2.24, 2.45) is 0 Å². The van der Waals surface area contributed by atoms with E-state index in [0.717, 1.165) is 44.0 Å². The van der Waals surface area contributed by atoms with Gasteiger partial charge < -0.3 is 15.4 Å². The van der Waals surface area contributed by atoms with Crippen molar-refractivity contribution in [1.29, 1.82) is 0 Å². The summed E-state index contributed by atoms with van der Waals surface area (Å²) in [5.74, 6) is 1.50. The van der Waals surface area contributed by atoms with Crippen LogP contribution in [-0.2, 0) is 11.3 Å². The lowest BCUT2D eigenvalue weighted by Crippen LogP contribution is -2.19. The summed E-state index contributed by atoms with van der Waals surface area (Å²) in [6.07, 6.45) is 2.57. The van der Waals surface area contributed by atoms with Crippen LogP contribution in [0.25, 0.3) is 0 Å². The van der Waals surface area contributed by atoms with E-state index in [2.05, 4.69) is 32.7 Å². The van der Waals surface area contributed by atoms with Crippen molar-refractivity contribution < 1.29 is 4.74 Å². The lowest BCUT2D eigenvalue weighted by Gasteiger charge is -2.13. The lowest BCUT2D eigenvalue weighted by molar-refractivity contribution is 0.120. The van der Waals surface area contributed by atoms with Gasteiger partial charge in [-0.15, -0.1) is 0 Å². The molecule has 0 spiro atoms. The van der Waals surface area contributed by atoms with Crippen LogP contribution in [-0.4, -0.2) is 29.2 Å². The molecular weight excluding hydrogens is 276 g/mol. The second kappa shape index (κ2) is 7.22. The third-order valence-electron chi connectivity index (χ3n) is 3.68. The summed E-state index contributed by atoms with van der Waals surface area (Å²) < 4.78 is 5.62. The zero-order valence-corrected chi connectivity index (χ0v) is 12.9. The van der Waals surface area contributed by atoms with Crippen molar-refractivity contribution in [3.05, 3.63) is 47.7 Å². The summed E-state index contributed by atoms with van der Waals surface area (Å²) in [5.41, 5.74) is 2.15. The zero-order valence-electron chi connectivity index (χ0n) is 12.9. The van der Waals surface area contributed by atoms with Crippen molar-refractivity contribution >= 4 is 11.8 Å². The van der Waals surface area contributed by atoms with E-state index in [9.17, 15) is 0 Å². The van der Waals surface area contributed by atoms with Crippen LogP contribution in [0, 0.1) is 6.92 Å². The van der Waals surface area contributed by atoms with Gasteiger partial charge in [0.1, 0.15) is 5.82 Å². The van der Waals surface area contributed by atoms with Gasteiger partial charge in [-0.05, 0) is 25.3 Å². The second-order valence-corrected chi connectivity index (χ2v) is 5.57. The minimum Gasteiger partial charge on any atom is -0.376 e. The molecular formula is C17H22N4O. The average molecular weight is 298 g/mol. The molecule has 1 aromatic carbocycles. The van der Waals surface area contributed by atoms with Crippen molar-refractivity contribution in [1.82, 2.24) is 9.97 Å². The van der Waals surface area contributed by atoms with Crippen LogP contribution in [0.3, 0.4) is 0 Å². The van der Waals surface area contributed by atoms with Crippen molar-refractivity contribution in [2.75, 3.05) is 23.8 Å². The first-order chi connectivity index (χ1) is 10.8. The molecule has 0 amide bonds. The number of nitrogens with zero attached hydrogens (tertiary/aromatic N) is 2. The Morgan fingerprint density at radius 3 is 2.82 bits per heavy atom. The van der Waals surface area contributed by atoms with Gasteiger partial charge in [-0.2, -0.15) is 4.98 Å². The van der Waals surface area contributed by atoms with Gasteiger partial charge in [-0.1, -0.05) is 30.3 Å². The maximum atomic E-state index is 5.62. The van der Waals surface area contributed by atoms with Gasteiger partial charge in [0.15, 0.2) is 0 Å². The SMILES string of the molecule is Cc1cc(NCC2CCCO2)nc(NCc2ccccc2)n1. The molecule has 1 saturated heterocycles. The van der Waals surface area contributed by atoms with Crippen LogP contribution >= 0.6 is 0 Å². The van der Waals surface area contributed by atoms with Crippen molar-refractivity contribution in [3.8, 4) is 0 Å². The number of ether oxygens (including phenoxy) is 1. The molecule has 1 atom stereocenters. The molecule has 1 aliphatic heterocycles. The topological polar surface area (TPSA) is 59.1 Å². The number of hydrogen-bond donors (Lipinski definition) is 2. The number of hydrogen-bond acceptors (Lipinski definition) is 5. The highest BCUT2D eigenvalue weighted by molar-refractivity contribution is 5.42. The van der Waals surface area contributed by atoms with Crippen molar-refractivity contribution in [2.45, 2.75) is 32.4 Å². The molecule has 0 bridgehead atoms. The molecule has 0 aliphatic carbocycles. The van der Waals surface area contributed by atoms with E-state index in [1.807, 2.05) is 31.2 Å². The molecule has 5 heteroatoms. The fraction of sp³-hybridized carbons (Fsp3) is 0.412. The predicted molar refractivity (Wildman–Crippen MR) is 88.0 cm³/mol. The van der Waals surface area contributed by atoms with E-state index in [4.69, 9.17) is 4.74 Å². The lowest BCUT2D eigenvalue weighted by atomic mass is 10.2. The second-order valence-electron chi connectivity index (χ2n) is 5.57. The third kappa shape index (κ3) is 4.18. The Morgan fingerprint density at radius 1 is 1.18 bits per heavy atom. The number of anilines is 2. The third-order valence-corrected chi connectivity index (χ3v) is 3.68. The van der Waals surface area contributed by atoms with Crippen LogP contribution < -0.4 is 10.6 Å². The highest BCUT2D eigenvalue weighted by Gasteiger charge is 2.15. The molecule has 1 unspecified atom stereocenters. The number of aromatic nitrogens is 2. The standard InChI is InChI=1S/C17H22N4O/c1-13-10-16(18-12-15-8-5-9-22-15)21-17(20-13)19-11-14-6-3-2-4-7-14/h2-4,6-7,10,15H,5,8-9,11-12H2,1H3,(H2,18,19,20,21). The Morgan fingerprint density at radius 2 is 2.05 bits per heavy atom. The number of aryl methyl sites for hydroxylation is 1. The van der Waals surface area contributed by atoms with Gasteiger partial charge in [0.2, 0.25) is 5.95 Å². The molecule has 5 nitrogen and oxygen atoms in total. The summed E-state index contributed by atoms with van der Waals surface area (Å²) in [4.78, 5) is 8.96. The van der Waals surface area contributed by atoms with Crippen LogP contribution in [0.1, 0.15) is 24.1 Å². The van der Waals surface area contributed by atoms with E-state index in [-0.39, 0.29) is 0 Å². The zero-order chi connectivity index (χ0) is 15.2. The van der Waals surface area contributed by atoms with E-state index < -0.39 is 0 Å². The van der Waals surface area contributed by atoms with Gasteiger partial charge >= 0.3 is 0 Å². The Kier molecular flexibility index (Phi) is 4.85. The van der Waals surface area contributed by atoms with Crippen molar-refractivity contribution in [3.63, 3.8) is 0 Å². The maximum absolute atomic E-state index is 5.62. The van der Waals surface area contributed by atoms with E-state index in [0.29, 0.717) is 12.1 Å². The first-order valence-electron chi connectivity index (χ1n) is 7.78. The molecule has 2 N–H and O–H groups in total. The molecule has 2 aromatic rings. The van der Waals surface area contributed by atoms with Gasteiger partial charge in [0.25, 0.3) is 0 Å². The molecule has 1 aliphatic rings. The van der Waals surface area contributed by atoms with Gasteiger partial charge in [0.05, 0.1) is 6.10 Å². The number of benzene rings is 1. The minimum absolute atomic E-state index is 0.302. The normalized spacial score (nSPS) is 17.4. The van der Waals surface area contributed by atoms with E-state index in [1.54, 1.807) is 0 Å². The first-order valence-corrected chi connectivity index (χ1v) is 7.78. The average Bonchev–Trinajstić information content (AvgIpc) is 3.05. The molecule has 0 saturated carbocycles. The highest BCUT2D eigenvalue weighted by atomic mass is 16.5. The van der Waals surface area contributed by atoms with Gasteiger partial charge in [-0.3, -0.25) is 0 Å². The fourth-order valence-corrected chi connectivity index (χ4v) is 2.54. The Hall–Kier alpha value is -2.14. The molecule has 0 radical (unpaired) electrons. The largest absolute Gasteiger partial charge is 0.376 e. The molecule has 2 heterocycles. The quantitative estimate of drug-likeness (QED) is 0.858. The summed E-state index contributed by atoms with van der Waals surface area (Å²) in [7, 11) is 0. The maximum Gasteiger partial charge on any atom is 0.225 e. The number of nitrogens with one attached hydrogen (secondary N) is 2. The molecule has 116 valence electrons. The van der Waals surface area contributed by atoms with Crippen LogP contribution in [0.4, 0.5) is 11.8 Å². The van der Waals surface area contributed by atoms with Crippen LogP contribution in [0.15, 0.2) is 36.4 Å². The predicted octanol–water partition coefficient (Wildman–Crippen LogP) is 2.99. The van der Waals surface area contributed by atoms with Crippen LogP contribution in [0.5, 0.6) is 0 Å². The smallest absolute Gasteiger partial charge is 0.225 e. The molecule has 22 heavy (non-hydrogen) atoms. The van der Waals surface area contributed by atoms with Gasteiger partial charge in [0, 0.05) is 31.5 Å².